The number of nitrogens with two attached hydrogens (primary N) is 1. The van der Waals surface area contributed by atoms with Gasteiger partial charge in [-0.25, -0.2) is 0 Å². The maximum atomic E-state index is 6.72. The van der Waals surface area contributed by atoms with Crippen LogP contribution < -0.4 is 11.1 Å². The Hall–Kier alpha value is -6.65. The van der Waals surface area contributed by atoms with Crippen LogP contribution in [-0.4, -0.2) is 5.71 Å². The van der Waals surface area contributed by atoms with Crippen molar-refractivity contribution in [2.45, 2.75) is 44.4 Å². The van der Waals surface area contributed by atoms with Gasteiger partial charge in [-0.3, -0.25) is 10.3 Å². The first-order chi connectivity index (χ1) is 29.0. The summed E-state index contributed by atoms with van der Waals surface area (Å²) in [6.45, 7) is 8.64. The molecule has 0 fully saturated rings. The standard InChI is InChI=1S/C56H47N3/c1-4-38-30-31-41(42-32-33-48-47-24-13-16-29-52(47)56(53(48)35-42)50-27-14-11-22-45(50)46-23-12-15-28-51(46)56)34-49(38)44-26-17-25-43(36(44)2)37(3)58-55(40-20-9-6-10-21-40)59-54(57)39-18-7-5-8-19-39/h4-29,32-35,54-55,59H,1,30-31,57H2,2-3H3/b58-37+. The summed E-state index contributed by atoms with van der Waals surface area (Å²) in [4.78, 5) is 5.32. The molecule has 0 amide bonds. The Labute approximate surface area is 348 Å². The molecule has 0 aliphatic heterocycles. The second-order valence-electron chi connectivity index (χ2n) is 16.0. The van der Waals surface area contributed by atoms with Crippen molar-refractivity contribution in [3.63, 3.8) is 0 Å². The van der Waals surface area contributed by atoms with Crippen LogP contribution in [0.5, 0.6) is 0 Å². The average Bonchev–Trinajstić information content (AvgIpc) is 3.76. The molecule has 0 saturated heterocycles. The number of allylic oxidation sites excluding steroid dienone is 5. The fourth-order valence-electron chi connectivity index (χ4n) is 10.1. The molecule has 10 rings (SSSR count). The molecule has 3 nitrogen and oxygen atoms in total. The van der Waals surface area contributed by atoms with Crippen molar-refractivity contribution in [3.8, 4) is 22.3 Å². The van der Waals surface area contributed by atoms with Gasteiger partial charge in [-0.1, -0.05) is 183 Å². The molecule has 0 aromatic heterocycles. The first kappa shape index (κ1) is 36.7. The lowest BCUT2D eigenvalue weighted by Crippen LogP contribution is -2.32. The van der Waals surface area contributed by atoms with Gasteiger partial charge in [0.2, 0.25) is 0 Å². The fourth-order valence-corrected chi connectivity index (χ4v) is 10.1. The van der Waals surface area contributed by atoms with Crippen molar-refractivity contribution in [2.24, 2.45) is 10.7 Å². The highest BCUT2D eigenvalue weighted by atomic mass is 15.1. The predicted octanol–water partition coefficient (Wildman–Crippen LogP) is 12.9. The van der Waals surface area contributed by atoms with Gasteiger partial charge in [-0.15, -0.1) is 0 Å². The predicted molar refractivity (Wildman–Crippen MR) is 246 cm³/mol. The van der Waals surface area contributed by atoms with E-state index in [4.69, 9.17) is 10.7 Å². The molecule has 0 heterocycles. The van der Waals surface area contributed by atoms with Crippen LogP contribution in [0, 0.1) is 6.92 Å². The maximum absolute atomic E-state index is 6.72. The van der Waals surface area contributed by atoms with Gasteiger partial charge in [-0.2, -0.15) is 0 Å². The summed E-state index contributed by atoms with van der Waals surface area (Å²) in [6.07, 6.45) is 5.65. The molecule has 0 radical (unpaired) electrons. The van der Waals surface area contributed by atoms with E-state index >= 15 is 0 Å². The fraction of sp³-hybridized carbons (Fsp3) is 0.125. The molecule has 3 heteroatoms. The van der Waals surface area contributed by atoms with E-state index in [1.165, 1.54) is 77.9 Å². The van der Waals surface area contributed by atoms with Crippen molar-refractivity contribution in [2.75, 3.05) is 0 Å². The third-order valence-electron chi connectivity index (χ3n) is 12.9. The van der Waals surface area contributed by atoms with Crippen LogP contribution in [-0.2, 0) is 5.41 Å². The van der Waals surface area contributed by atoms with Gasteiger partial charge >= 0.3 is 0 Å². The largest absolute Gasteiger partial charge is 0.312 e. The van der Waals surface area contributed by atoms with E-state index in [1.54, 1.807) is 0 Å². The second kappa shape index (κ2) is 14.9. The third-order valence-corrected chi connectivity index (χ3v) is 12.9. The normalized spacial score (nSPS) is 15.8. The van der Waals surface area contributed by atoms with Gasteiger partial charge in [0.05, 0.1) is 11.6 Å². The third kappa shape index (κ3) is 6.00. The summed E-state index contributed by atoms with van der Waals surface area (Å²) in [7, 11) is 0. The number of nitrogens with zero attached hydrogens (tertiary/aromatic N) is 1. The SMILES string of the molecule is C=CC1=C(c2cccc(/C(C)=N/C(NC(N)c3ccccc3)c3ccccc3)c2C)C=C(c2ccc3c(c2)C2(c4ccccc4-c4ccccc42)c2ccccc2-3)CC1. The number of benzene rings is 7. The number of hydrogen-bond donors (Lipinski definition) is 2. The van der Waals surface area contributed by atoms with E-state index in [2.05, 4.69) is 171 Å². The summed E-state index contributed by atoms with van der Waals surface area (Å²) in [5.41, 5.74) is 28.8. The highest BCUT2D eigenvalue weighted by molar-refractivity contribution is 6.02. The zero-order valence-electron chi connectivity index (χ0n) is 33.6. The molecule has 7 aromatic carbocycles. The topological polar surface area (TPSA) is 50.4 Å². The van der Waals surface area contributed by atoms with Gasteiger partial charge in [0.25, 0.3) is 0 Å². The molecule has 3 aliphatic rings. The average molecular weight is 762 g/mol. The van der Waals surface area contributed by atoms with E-state index in [0.29, 0.717) is 0 Å². The van der Waals surface area contributed by atoms with Gasteiger partial charge in [-0.05, 0) is 127 Å². The number of aliphatic imine (C=N–C) groups is 1. The summed E-state index contributed by atoms with van der Waals surface area (Å²) < 4.78 is 0. The Bertz CT molecular complexity index is 2800. The van der Waals surface area contributed by atoms with E-state index in [9.17, 15) is 0 Å². The van der Waals surface area contributed by atoms with Crippen LogP contribution in [0.25, 0.3) is 33.4 Å². The van der Waals surface area contributed by atoms with Crippen molar-refractivity contribution in [1.29, 1.82) is 0 Å². The lowest BCUT2D eigenvalue weighted by atomic mass is 9.70. The van der Waals surface area contributed by atoms with Crippen LogP contribution in [0.4, 0.5) is 0 Å². The summed E-state index contributed by atoms with van der Waals surface area (Å²) >= 11 is 0. The smallest absolute Gasteiger partial charge is 0.127 e. The van der Waals surface area contributed by atoms with E-state index in [0.717, 1.165) is 35.2 Å². The number of nitrogens with one attached hydrogen (secondary N) is 1. The van der Waals surface area contributed by atoms with Gasteiger partial charge in [0.1, 0.15) is 6.17 Å². The minimum Gasteiger partial charge on any atom is -0.312 e. The molecule has 3 N–H and O–H groups in total. The zero-order chi connectivity index (χ0) is 40.1. The molecule has 0 saturated carbocycles. The first-order valence-corrected chi connectivity index (χ1v) is 20.7. The maximum Gasteiger partial charge on any atom is 0.127 e. The molecule has 286 valence electrons. The molecule has 0 bridgehead atoms. The Morgan fingerprint density at radius 1 is 0.627 bits per heavy atom. The summed E-state index contributed by atoms with van der Waals surface area (Å²) in [6, 6.07) is 61.4. The van der Waals surface area contributed by atoms with Crippen LogP contribution in [0.2, 0.25) is 0 Å². The summed E-state index contributed by atoms with van der Waals surface area (Å²) in [5, 5.41) is 3.60. The monoisotopic (exact) mass is 761 g/mol. The zero-order valence-corrected chi connectivity index (χ0v) is 33.6. The van der Waals surface area contributed by atoms with Crippen LogP contribution >= 0.6 is 0 Å². The minimum absolute atomic E-state index is 0.327. The highest BCUT2D eigenvalue weighted by Gasteiger charge is 2.51. The molecular formula is C56H47N3. The Balaban J connectivity index is 1.05. The van der Waals surface area contributed by atoms with Gasteiger partial charge in [0, 0.05) is 5.71 Å². The van der Waals surface area contributed by atoms with Crippen LogP contribution in [0.3, 0.4) is 0 Å². The molecule has 7 aromatic rings. The summed E-state index contributed by atoms with van der Waals surface area (Å²) in [5.74, 6) is 0. The van der Waals surface area contributed by atoms with Gasteiger partial charge in [0.15, 0.2) is 0 Å². The molecular weight excluding hydrogens is 715 g/mol. The van der Waals surface area contributed by atoms with Crippen LogP contribution in [0.1, 0.15) is 87.7 Å². The number of hydrogen-bond acceptors (Lipinski definition) is 3. The lowest BCUT2D eigenvalue weighted by Gasteiger charge is -2.31. The van der Waals surface area contributed by atoms with Crippen molar-refractivity contribution in [1.82, 2.24) is 5.32 Å². The first-order valence-electron chi connectivity index (χ1n) is 20.7. The Kier molecular flexibility index (Phi) is 9.29. The molecule has 3 aliphatic carbocycles. The van der Waals surface area contributed by atoms with E-state index < -0.39 is 0 Å². The van der Waals surface area contributed by atoms with Crippen molar-refractivity contribution in [3.05, 3.63) is 250 Å². The lowest BCUT2D eigenvalue weighted by molar-refractivity contribution is 0.466. The number of rotatable bonds is 9. The van der Waals surface area contributed by atoms with E-state index in [1.807, 2.05) is 36.4 Å². The van der Waals surface area contributed by atoms with Gasteiger partial charge < -0.3 is 5.73 Å². The Morgan fingerprint density at radius 2 is 1.17 bits per heavy atom. The van der Waals surface area contributed by atoms with Crippen molar-refractivity contribution < 1.29 is 0 Å². The quantitative estimate of drug-likeness (QED) is 0.114. The highest BCUT2D eigenvalue weighted by Crippen LogP contribution is 2.63. The van der Waals surface area contributed by atoms with Crippen LogP contribution in [0.15, 0.2) is 199 Å². The Morgan fingerprint density at radius 3 is 1.78 bits per heavy atom. The molecule has 2 atom stereocenters. The minimum atomic E-state index is -0.377. The van der Waals surface area contributed by atoms with E-state index in [-0.39, 0.29) is 17.7 Å². The second-order valence-corrected chi connectivity index (χ2v) is 16.0. The molecule has 59 heavy (non-hydrogen) atoms. The van der Waals surface area contributed by atoms with Crippen molar-refractivity contribution >= 4 is 16.9 Å². The number of fused-ring (bicyclic) bond motifs is 10. The molecule has 1 spiro atoms. The molecule has 2 unspecified atom stereocenters.